The van der Waals surface area contributed by atoms with Crippen LogP contribution in [0.3, 0.4) is 0 Å². The Morgan fingerprint density at radius 2 is 1.79 bits per heavy atom. The van der Waals surface area contributed by atoms with Crippen LogP contribution in [0.2, 0.25) is 0 Å². The highest BCUT2D eigenvalue weighted by molar-refractivity contribution is 5.84. The number of amides is 3. The number of fused-ring (bicyclic) bond motifs is 1. The monoisotopic (exact) mass is 385 g/mol. The van der Waals surface area contributed by atoms with Crippen molar-refractivity contribution in [3.8, 4) is 0 Å². The van der Waals surface area contributed by atoms with E-state index in [1.54, 1.807) is 6.92 Å². The van der Waals surface area contributed by atoms with E-state index in [4.69, 9.17) is 0 Å². The normalized spacial score (nSPS) is 24.9. The number of likely N-dealkylation sites (tertiary alicyclic amines) is 2. The molecule has 0 saturated carbocycles. The van der Waals surface area contributed by atoms with Gasteiger partial charge in [-0.25, -0.2) is 0 Å². The van der Waals surface area contributed by atoms with Crippen LogP contribution in [0.1, 0.15) is 51.5 Å². The number of nitrogens with zero attached hydrogens (tertiary/aromatic N) is 2. The average Bonchev–Trinajstić information content (AvgIpc) is 2.98. The van der Waals surface area contributed by atoms with Crippen LogP contribution in [0.25, 0.3) is 0 Å². The SMILES string of the molecule is CC(=O)NCC(=O)N1CCCCC[C@@H]2[C@@H]1C[C@@H](Cc1ccccc1)N2C(C)=O. The van der Waals surface area contributed by atoms with Crippen LogP contribution in [0.15, 0.2) is 30.3 Å². The minimum Gasteiger partial charge on any atom is -0.347 e. The Kier molecular flexibility index (Phi) is 6.70. The summed E-state index contributed by atoms with van der Waals surface area (Å²) in [5.41, 5.74) is 1.21. The van der Waals surface area contributed by atoms with Crippen molar-refractivity contribution < 1.29 is 14.4 Å². The van der Waals surface area contributed by atoms with Crippen molar-refractivity contribution in [2.75, 3.05) is 13.1 Å². The molecule has 1 N–H and O–H groups in total. The molecule has 0 aliphatic carbocycles. The first-order chi connectivity index (χ1) is 13.5. The van der Waals surface area contributed by atoms with Crippen LogP contribution in [0, 0.1) is 0 Å². The number of carbonyl (C=O) groups excluding carboxylic acids is 3. The molecule has 6 heteroatoms. The standard InChI is InChI=1S/C22H31N3O3/c1-16(26)23-15-22(28)24-12-8-4-7-11-20-21(24)14-19(25(20)17(2)27)13-18-9-5-3-6-10-18/h3,5-6,9-10,19-21H,4,7-8,11-15H2,1-2H3,(H,23,26)/t19-,20-,21+/m1/s1. The summed E-state index contributed by atoms with van der Waals surface area (Å²) in [4.78, 5) is 40.6. The van der Waals surface area contributed by atoms with E-state index >= 15 is 0 Å². The highest BCUT2D eigenvalue weighted by atomic mass is 16.2. The lowest BCUT2D eigenvalue weighted by atomic mass is 9.96. The van der Waals surface area contributed by atoms with Gasteiger partial charge in [-0.05, 0) is 31.2 Å². The third kappa shape index (κ3) is 4.72. The molecule has 3 rings (SSSR count). The largest absolute Gasteiger partial charge is 0.347 e. The predicted octanol–water partition coefficient (Wildman–Crippen LogP) is 2.13. The summed E-state index contributed by atoms with van der Waals surface area (Å²) in [6.45, 7) is 3.79. The van der Waals surface area contributed by atoms with Gasteiger partial charge in [-0.2, -0.15) is 0 Å². The maximum Gasteiger partial charge on any atom is 0.242 e. The van der Waals surface area contributed by atoms with E-state index in [1.807, 2.05) is 28.0 Å². The molecule has 28 heavy (non-hydrogen) atoms. The van der Waals surface area contributed by atoms with Crippen molar-refractivity contribution in [1.82, 2.24) is 15.1 Å². The quantitative estimate of drug-likeness (QED) is 0.863. The van der Waals surface area contributed by atoms with Crippen LogP contribution < -0.4 is 5.32 Å². The summed E-state index contributed by atoms with van der Waals surface area (Å²) in [5.74, 6) is -0.157. The van der Waals surface area contributed by atoms with Gasteiger partial charge in [0.1, 0.15) is 0 Å². The lowest BCUT2D eigenvalue weighted by Crippen LogP contribution is -2.52. The Balaban J connectivity index is 1.83. The van der Waals surface area contributed by atoms with Crippen molar-refractivity contribution in [1.29, 1.82) is 0 Å². The minimum atomic E-state index is -0.198. The molecule has 1 aromatic rings. The van der Waals surface area contributed by atoms with Gasteiger partial charge in [0, 0.05) is 26.4 Å². The van der Waals surface area contributed by atoms with Crippen LogP contribution in [-0.2, 0) is 20.8 Å². The highest BCUT2D eigenvalue weighted by Crippen LogP contribution is 2.35. The van der Waals surface area contributed by atoms with Crippen LogP contribution in [-0.4, -0.2) is 58.7 Å². The molecule has 0 aromatic heterocycles. The van der Waals surface area contributed by atoms with E-state index in [1.165, 1.54) is 12.5 Å². The Morgan fingerprint density at radius 1 is 1.04 bits per heavy atom. The molecular formula is C22H31N3O3. The Bertz CT molecular complexity index is 706. The lowest BCUT2D eigenvalue weighted by molar-refractivity contribution is -0.137. The van der Waals surface area contributed by atoms with E-state index in [0.29, 0.717) is 6.54 Å². The summed E-state index contributed by atoms with van der Waals surface area (Å²) >= 11 is 0. The molecule has 3 atom stereocenters. The minimum absolute atomic E-state index is 0.0270. The van der Waals surface area contributed by atoms with Gasteiger partial charge < -0.3 is 15.1 Å². The van der Waals surface area contributed by atoms with Gasteiger partial charge in [-0.15, -0.1) is 0 Å². The fourth-order valence-corrected chi connectivity index (χ4v) is 4.82. The van der Waals surface area contributed by atoms with Crippen molar-refractivity contribution in [3.05, 3.63) is 35.9 Å². The molecule has 6 nitrogen and oxygen atoms in total. The molecule has 1 aromatic carbocycles. The average molecular weight is 386 g/mol. The Morgan fingerprint density at radius 3 is 2.46 bits per heavy atom. The zero-order valence-electron chi connectivity index (χ0n) is 16.9. The van der Waals surface area contributed by atoms with Gasteiger partial charge in [0.2, 0.25) is 17.7 Å². The molecule has 2 aliphatic rings. The number of hydrogen-bond acceptors (Lipinski definition) is 3. The van der Waals surface area contributed by atoms with Crippen LogP contribution in [0.5, 0.6) is 0 Å². The van der Waals surface area contributed by atoms with Crippen LogP contribution in [0.4, 0.5) is 0 Å². The van der Waals surface area contributed by atoms with Gasteiger partial charge in [0.15, 0.2) is 0 Å². The summed E-state index contributed by atoms with van der Waals surface area (Å²) in [6, 6.07) is 10.4. The summed E-state index contributed by atoms with van der Waals surface area (Å²) in [5, 5.41) is 2.63. The summed E-state index contributed by atoms with van der Waals surface area (Å²) < 4.78 is 0. The fraction of sp³-hybridized carbons (Fsp3) is 0.591. The molecule has 2 fully saturated rings. The van der Waals surface area contributed by atoms with Gasteiger partial charge >= 0.3 is 0 Å². The zero-order chi connectivity index (χ0) is 20.1. The maximum absolute atomic E-state index is 12.9. The number of nitrogens with one attached hydrogen (secondary N) is 1. The van der Waals surface area contributed by atoms with E-state index < -0.39 is 0 Å². The molecule has 2 aliphatic heterocycles. The number of benzene rings is 1. The third-order valence-electron chi connectivity index (χ3n) is 5.99. The molecule has 0 bridgehead atoms. The number of rotatable bonds is 4. The molecule has 2 saturated heterocycles. The molecule has 3 amide bonds. The molecule has 0 spiro atoms. The molecule has 0 unspecified atom stereocenters. The molecular weight excluding hydrogens is 354 g/mol. The highest BCUT2D eigenvalue weighted by Gasteiger charge is 2.46. The summed E-state index contributed by atoms with van der Waals surface area (Å²) in [6.07, 6.45) is 5.64. The molecule has 152 valence electrons. The van der Waals surface area contributed by atoms with Crippen LogP contribution >= 0.6 is 0 Å². The first-order valence-corrected chi connectivity index (χ1v) is 10.3. The van der Waals surface area contributed by atoms with E-state index in [-0.39, 0.29) is 42.4 Å². The third-order valence-corrected chi connectivity index (χ3v) is 5.99. The number of hydrogen-bond donors (Lipinski definition) is 1. The topological polar surface area (TPSA) is 69.7 Å². The predicted molar refractivity (Wildman–Crippen MR) is 108 cm³/mol. The van der Waals surface area contributed by atoms with Crippen molar-refractivity contribution >= 4 is 17.7 Å². The fourth-order valence-electron chi connectivity index (χ4n) is 4.82. The smallest absolute Gasteiger partial charge is 0.242 e. The zero-order valence-corrected chi connectivity index (χ0v) is 16.9. The number of carbonyl (C=O) groups is 3. The second kappa shape index (κ2) is 9.22. The van der Waals surface area contributed by atoms with Crippen molar-refractivity contribution in [2.24, 2.45) is 0 Å². The van der Waals surface area contributed by atoms with Gasteiger partial charge in [-0.3, -0.25) is 14.4 Å². The van der Waals surface area contributed by atoms with E-state index in [2.05, 4.69) is 17.4 Å². The van der Waals surface area contributed by atoms with Gasteiger partial charge in [0.25, 0.3) is 0 Å². The first kappa shape index (κ1) is 20.4. The van der Waals surface area contributed by atoms with Gasteiger partial charge in [0.05, 0.1) is 18.6 Å². The van der Waals surface area contributed by atoms with Crippen molar-refractivity contribution in [2.45, 2.75) is 70.5 Å². The van der Waals surface area contributed by atoms with Gasteiger partial charge in [-0.1, -0.05) is 43.2 Å². The van der Waals surface area contributed by atoms with Crippen molar-refractivity contribution in [3.63, 3.8) is 0 Å². The summed E-state index contributed by atoms with van der Waals surface area (Å²) in [7, 11) is 0. The van der Waals surface area contributed by atoms with E-state index in [9.17, 15) is 14.4 Å². The Labute approximate surface area is 167 Å². The Hall–Kier alpha value is -2.37. The lowest BCUT2D eigenvalue weighted by Gasteiger charge is -2.37. The maximum atomic E-state index is 12.9. The first-order valence-electron chi connectivity index (χ1n) is 10.3. The van der Waals surface area contributed by atoms with E-state index in [0.717, 1.165) is 38.5 Å². The second-order valence-electron chi connectivity index (χ2n) is 7.99. The molecule has 0 radical (unpaired) electrons. The molecule has 2 heterocycles. The second-order valence-corrected chi connectivity index (χ2v) is 7.99.